The predicted octanol–water partition coefficient (Wildman–Crippen LogP) is 3.24. The fourth-order valence-electron chi connectivity index (χ4n) is 3.02. The minimum Gasteiger partial charge on any atom is -0.350 e. The van der Waals surface area contributed by atoms with Gasteiger partial charge in [0.25, 0.3) is 5.91 Å². The zero-order chi connectivity index (χ0) is 20.9. The number of carbonyl (C=O) groups is 2. The van der Waals surface area contributed by atoms with E-state index >= 15 is 0 Å². The summed E-state index contributed by atoms with van der Waals surface area (Å²) in [6.07, 6.45) is 3.67. The number of hydrogen-bond donors (Lipinski definition) is 2. The molecule has 0 bridgehead atoms. The molecule has 0 saturated heterocycles. The molecule has 29 heavy (non-hydrogen) atoms. The summed E-state index contributed by atoms with van der Waals surface area (Å²) in [4.78, 5) is 24.7. The minimum absolute atomic E-state index is 0.0623. The number of nitrogens with one attached hydrogen (secondary N) is 2. The molecule has 6 nitrogen and oxygen atoms in total. The van der Waals surface area contributed by atoms with Gasteiger partial charge in [0.05, 0.1) is 13.1 Å². The number of hydrogen-bond acceptors (Lipinski definition) is 3. The molecule has 3 aromatic rings. The van der Waals surface area contributed by atoms with Gasteiger partial charge in [-0.25, -0.2) is 0 Å². The van der Waals surface area contributed by atoms with E-state index < -0.39 is 0 Å². The van der Waals surface area contributed by atoms with Gasteiger partial charge in [-0.2, -0.15) is 5.10 Å². The highest BCUT2D eigenvalue weighted by molar-refractivity contribution is 6.02. The fraction of sp³-hybridized carbons (Fsp3) is 0.261. The van der Waals surface area contributed by atoms with Crippen LogP contribution in [0.15, 0.2) is 67.0 Å². The Balaban J connectivity index is 1.71. The monoisotopic (exact) mass is 390 g/mol. The van der Waals surface area contributed by atoms with Gasteiger partial charge in [-0.3, -0.25) is 14.3 Å². The van der Waals surface area contributed by atoms with Crippen LogP contribution in [0.3, 0.4) is 0 Å². The Bertz CT molecular complexity index is 971. The second-order valence-corrected chi connectivity index (χ2v) is 7.93. The summed E-state index contributed by atoms with van der Waals surface area (Å²) in [6, 6.07) is 17.3. The molecule has 0 spiro atoms. The van der Waals surface area contributed by atoms with Crippen LogP contribution in [-0.4, -0.2) is 33.7 Å². The van der Waals surface area contributed by atoms with E-state index in [-0.39, 0.29) is 23.9 Å². The molecule has 150 valence electrons. The Morgan fingerprint density at radius 1 is 1.00 bits per heavy atom. The van der Waals surface area contributed by atoms with Gasteiger partial charge >= 0.3 is 0 Å². The van der Waals surface area contributed by atoms with Crippen LogP contribution >= 0.6 is 0 Å². The number of aromatic nitrogens is 2. The van der Waals surface area contributed by atoms with Crippen molar-refractivity contribution in [1.29, 1.82) is 0 Å². The first-order valence-corrected chi connectivity index (χ1v) is 9.57. The first-order valence-electron chi connectivity index (χ1n) is 9.57. The van der Waals surface area contributed by atoms with Gasteiger partial charge in [0, 0.05) is 23.5 Å². The summed E-state index contributed by atoms with van der Waals surface area (Å²) in [7, 11) is 0. The number of carbonyl (C=O) groups excluding carboxylic acids is 2. The number of amides is 2. The second kappa shape index (κ2) is 8.73. The van der Waals surface area contributed by atoms with Crippen LogP contribution in [0.5, 0.6) is 0 Å². The van der Waals surface area contributed by atoms with E-state index in [1.54, 1.807) is 12.3 Å². The highest BCUT2D eigenvalue weighted by Gasteiger charge is 2.16. The Morgan fingerprint density at radius 3 is 2.38 bits per heavy atom. The van der Waals surface area contributed by atoms with Gasteiger partial charge in [0.15, 0.2) is 0 Å². The quantitative estimate of drug-likeness (QED) is 0.678. The fourth-order valence-corrected chi connectivity index (χ4v) is 3.02. The molecule has 1 heterocycles. The maximum atomic E-state index is 12.7. The van der Waals surface area contributed by atoms with E-state index in [4.69, 9.17) is 0 Å². The van der Waals surface area contributed by atoms with Crippen LogP contribution < -0.4 is 10.6 Å². The van der Waals surface area contributed by atoms with Crippen LogP contribution in [0.25, 0.3) is 11.1 Å². The third-order valence-corrected chi connectivity index (χ3v) is 4.26. The molecule has 0 radical (unpaired) electrons. The standard InChI is InChI=1S/C23H26N4O2/c1-23(2,3)26-21(28)15-24-22(29)20-8-5-4-7-19(20)18-11-9-17(10-12-18)16-27-14-6-13-25-27/h4-14H,15-16H2,1-3H3,(H,24,29)(H,26,28). The van der Waals surface area contributed by atoms with E-state index in [9.17, 15) is 9.59 Å². The van der Waals surface area contributed by atoms with Crippen LogP contribution in [0.4, 0.5) is 0 Å². The normalized spacial score (nSPS) is 11.1. The third-order valence-electron chi connectivity index (χ3n) is 4.26. The average Bonchev–Trinajstić information content (AvgIpc) is 3.18. The van der Waals surface area contributed by atoms with Gasteiger partial charge in [0.1, 0.15) is 0 Å². The van der Waals surface area contributed by atoms with Crippen molar-refractivity contribution in [2.45, 2.75) is 32.9 Å². The third kappa shape index (κ3) is 5.78. The molecule has 0 aliphatic heterocycles. The van der Waals surface area contributed by atoms with Crippen LogP contribution in [0, 0.1) is 0 Å². The zero-order valence-electron chi connectivity index (χ0n) is 17.0. The Hall–Kier alpha value is -3.41. The van der Waals surface area contributed by atoms with E-state index in [0.29, 0.717) is 12.1 Å². The summed E-state index contributed by atoms with van der Waals surface area (Å²) >= 11 is 0. The molecule has 0 atom stereocenters. The van der Waals surface area contributed by atoms with E-state index in [0.717, 1.165) is 16.7 Å². The first-order chi connectivity index (χ1) is 13.8. The van der Waals surface area contributed by atoms with Gasteiger partial charge < -0.3 is 10.6 Å². The maximum Gasteiger partial charge on any atom is 0.252 e. The average molecular weight is 390 g/mol. The van der Waals surface area contributed by atoms with Crippen LogP contribution in [0.1, 0.15) is 36.7 Å². The number of nitrogens with zero attached hydrogens (tertiary/aromatic N) is 2. The molecule has 0 saturated carbocycles. The molecule has 3 rings (SSSR count). The lowest BCUT2D eigenvalue weighted by Gasteiger charge is -2.20. The van der Waals surface area contributed by atoms with Crippen LogP contribution in [0.2, 0.25) is 0 Å². The van der Waals surface area contributed by atoms with Crippen molar-refractivity contribution in [1.82, 2.24) is 20.4 Å². The molecular weight excluding hydrogens is 364 g/mol. The van der Waals surface area contributed by atoms with Crippen LogP contribution in [-0.2, 0) is 11.3 Å². The number of rotatable bonds is 6. The lowest BCUT2D eigenvalue weighted by atomic mass is 9.98. The number of benzene rings is 2. The highest BCUT2D eigenvalue weighted by atomic mass is 16.2. The summed E-state index contributed by atoms with van der Waals surface area (Å²) in [6.45, 7) is 6.33. The lowest BCUT2D eigenvalue weighted by Crippen LogP contribution is -2.45. The summed E-state index contributed by atoms with van der Waals surface area (Å²) in [5.41, 5.74) is 3.09. The molecule has 2 N–H and O–H groups in total. The van der Waals surface area contributed by atoms with Gasteiger partial charge in [-0.15, -0.1) is 0 Å². The lowest BCUT2D eigenvalue weighted by molar-refractivity contribution is -0.121. The van der Waals surface area contributed by atoms with Crippen molar-refractivity contribution in [3.8, 4) is 11.1 Å². The molecule has 2 aromatic carbocycles. The summed E-state index contributed by atoms with van der Waals surface area (Å²) < 4.78 is 1.86. The molecule has 2 amide bonds. The Kier molecular flexibility index (Phi) is 6.12. The largest absolute Gasteiger partial charge is 0.350 e. The zero-order valence-corrected chi connectivity index (χ0v) is 17.0. The molecular formula is C23H26N4O2. The maximum absolute atomic E-state index is 12.7. The summed E-state index contributed by atoms with van der Waals surface area (Å²) in [5, 5.41) is 9.76. The van der Waals surface area contributed by atoms with Crippen molar-refractivity contribution in [3.05, 3.63) is 78.1 Å². The molecule has 0 unspecified atom stereocenters. The Morgan fingerprint density at radius 2 is 1.72 bits per heavy atom. The highest BCUT2D eigenvalue weighted by Crippen LogP contribution is 2.24. The van der Waals surface area contributed by atoms with Crippen molar-refractivity contribution < 1.29 is 9.59 Å². The SMILES string of the molecule is CC(C)(C)NC(=O)CNC(=O)c1ccccc1-c1ccc(Cn2cccn2)cc1. The molecule has 0 aliphatic carbocycles. The predicted molar refractivity (Wildman–Crippen MR) is 113 cm³/mol. The Labute approximate surface area is 170 Å². The molecule has 1 aromatic heterocycles. The van der Waals surface area contributed by atoms with E-state index in [2.05, 4.69) is 15.7 Å². The van der Waals surface area contributed by atoms with Crippen molar-refractivity contribution in [2.75, 3.05) is 6.54 Å². The van der Waals surface area contributed by atoms with Gasteiger partial charge in [0.2, 0.25) is 5.91 Å². The summed E-state index contributed by atoms with van der Waals surface area (Å²) in [5.74, 6) is -0.489. The second-order valence-electron chi connectivity index (χ2n) is 7.93. The van der Waals surface area contributed by atoms with E-state index in [1.165, 1.54) is 0 Å². The minimum atomic E-state index is -0.336. The molecule has 0 aliphatic rings. The molecule has 6 heteroatoms. The van der Waals surface area contributed by atoms with Crippen molar-refractivity contribution >= 4 is 11.8 Å². The van der Waals surface area contributed by atoms with Crippen molar-refractivity contribution in [3.63, 3.8) is 0 Å². The topological polar surface area (TPSA) is 76.0 Å². The smallest absolute Gasteiger partial charge is 0.252 e. The van der Waals surface area contributed by atoms with Crippen molar-refractivity contribution in [2.24, 2.45) is 0 Å². The van der Waals surface area contributed by atoms with Gasteiger partial charge in [-0.05, 0) is 49.6 Å². The van der Waals surface area contributed by atoms with Gasteiger partial charge in [-0.1, -0.05) is 42.5 Å². The first kappa shape index (κ1) is 20.3. The molecule has 0 fully saturated rings. The van der Waals surface area contributed by atoms with E-state index in [1.807, 2.05) is 80.2 Å².